The van der Waals surface area contributed by atoms with Crippen LogP contribution >= 0.6 is 0 Å². The molecule has 4 nitrogen and oxygen atoms in total. The summed E-state index contributed by atoms with van der Waals surface area (Å²) in [6.45, 7) is 5.06. The van der Waals surface area contributed by atoms with Crippen LogP contribution in [0.25, 0.3) is 0 Å². The lowest BCUT2D eigenvalue weighted by Crippen LogP contribution is -2.43. The van der Waals surface area contributed by atoms with E-state index >= 15 is 0 Å². The number of fused-ring (bicyclic) bond motifs is 1. The van der Waals surface area contributed by atoms with Crippen LogP contribution < -0.4 is 10.2 Å². The van der Waals surface area contributed by atoms with Gasteiger partial charge >= 0.3 is 0 Å². The first kappa shape index (κ1) is 14.6. The zero-order valence-electron chi connectivity index (χ0n) is 12.2. The van der Waals surface area contributed by atoms with Crippen molar-refractivity contribution in [2.24, 2.45) is 0 Å². The number of rotatable bonds is 5. The number of benzene rings is 1. The van der Waals surface area contributed by atoms with Crippen LogP contribution in [0.15, 0.2) is 24.3 Å². The molecule has 0 aliphatic carbocycles. The molecule has 1 unspecified atom stereocenters. The average molecular weight is 274 g/mol. The van der Waals surface area contributed by atoms with Crippen LogP contribution in [0.1, 0.15) is 43.5 Å². The molecule has 108 valence electrons. The molecule has 2 rings (SSSR count). The first-order chi connectivity index (χ1) is 9.61. The number of Topliss-reactive ketones (excluding diaryl/α,β-unsaturated/α-hetero) is 1. The van der Waals surface area contributed by atoms with Gasteiger partial charge in [-0.2, -0.15) is 0 Å². The molecule has 0 aromatic heterocycles. The zero-order chi connectivity index (χ0) is 14.5. The average Bonchev–Trinajstić information content (AvgIpc) is 2.42. The largest absolute Gasteiger partial charge is 0.361 e. The summed E-state index contributed by atoms with van der Waals surface area (Å²) in [6.07, 6.45) is 2.53. The predicted molar refractivity (Wildman–Crippen MR) is 80.1 cm³/mol. The molecule has 0 radical (unpaired) electrons. The molecule has 0 spiro atoms. The van der Waals surface area contributed by atoms with Gasteiger partial charge in [0.2, 0.25) is 5.91 Å². The Hall–Kier alpha value is -1.84. The smallest absolute Gasteiger partial charge is 0.239 e. The van der Waals surface area contributed by atoms with Gasteiger partial charge in [-0.25, -0.2) is 0 Å². The molecule has 1 N–H and O–H groups in total. The van der Waals surface area contributed by atoms with E-state index in [1.165, 1.54) is 0 Å². The molecule has 1 atom stereocenters. The van der Waals surface area contributed by atoms with Crippen molar-refractivity contribution in [3.63, 3.8) is 0 Å². The molecular weight excluding hydrogens is 252 g/mol. The molecule has 20 heavy (non-hydrogen) atoms. The minimum Gasteiger partial charge on any atom is -0.361 e. The summed E-state index contributed by atoms with van der Waals surface area (Å²) in [5.41, 5.74) is 1.61. The van der Waals surface area contributed by atoms with Crippen LogP contribution in [0.5, 0.6) is 0 Å². The molecular formula is C16H22N2O2. The molecule has 4 heteroatoms. The van der Waals surface area contributed by atoms with Crippen molar-refractivity contribution < 1.29 is 9.59 Å². The van der Waals surface area contributed by atoms with Gasteiger partial charge in [-0.1, -0.05) is 25.5 Å². The number of hydrogen-bond acceptors (Lipinski definition) is 3. The second kappa shape index (κ2) is 6.55. The lowest BCUT2D eigenvalue weighted by atomic mass is 10.0. The highest BCUT2D eigenvalue weighted by atomic mass is 16.2. The van der Waals surface area contributed by atoms with Gasteiger partial charge in [0.1, 0.15) is 0 Å². The summed E-state index contributed by atoms with van der Waals surface area (Å²) in [5.74, 6) is 0.187. The summed E-state index contributed by atoms with van der Waals surface area (Å²) in [7, 11) is 0. The minimum absolute atomic E-state index is 0.0232. The summed E-state index contributed by atoms with van der Waals surface area (Å²) >= 11 is 0. The molecule has 1 aromatic rings. The second-order valence-electron chi connectivity index (χ2n) is 5.37. The van der Waals surface area contributed by atoms with Gasteiger partial charge < -0.3 is 10.2 Å². The summed E-state index contributed by atoms with van der Waals surface area (Å²) in [5, 5.41) is 3.00. The Balaban J connectivity index is 2.02. The third-order valence-corrected chi connectivity index (χ3v) is 3.62. The highest BCUT2D eigenvalue weighted by Gasteiger charge is 2.24. The normalized spacial score (nSPS) is 15.7. The van der Waals surface area contributed by atoms with E-state index in [0.29, 0.717) is 19.5 Å². The van der Waals surface area contributed by atoms with E-state index in [1.807, 2.05) is 36.1 Å². The first-order valence-electron chi connectivity index (χ1n) is 7.28. The molecule has 1 aromatic carbocycles. The first-order valence-corrected chi connectivity index (χ1v) is 7.28. The van der Waals surface area contributed by atoms with Crippen LogP contribution in [0.2, 0.25) is 0 Å². The van der Waals surface area contributed by atoms with Gasteiger partial charge in [-0.3, -0.25) is 9.59 Å². The van der Waals surface area contributed by atoms with Crippen molar-refractivity contribution in [3.8, 4) is 0 Å². The Morgan fingerprint density at radius 1 is 1.40 bits per heavy atom. The fraction of sp³-hybridized carbons (Fsp3) is 0.500. The van der Waals surface area contributed by atoms with Crippen molar-refractivity contribution in [3.05, 3.63) is 29.8 Å². The van der Waals surface area contributed by atoms with Gasteiger partial charge in [0.25, 0.3) is 0 Å². The Morgan fingerprint density at radius 2 is 2.15 bits per heavy atom. The van der Waals surface area contributed by atoms with Crippen molar-refractivity contribution in [2.75, 3.05) is 18.0 Å². The van der Waals surface area contributed by atoms with Gasteiger partial charge in [-0.15, -0.1) is 0 Å². The molecule has 1 heterocycles. The lowest BCUT2D eigenvalue weighted by molar-refractivity contribution is -0.120. The van der Waals surface area contributed by atoms with Gasteiger partial charge in [0, 0.05) is 30.3 Å². The Morgan fingerprint density at radius 3 is 2.90 bits per heavy atom. The maximum Gasteiger partial charge on any atom is 0.239 e. The molecule has 1 aliphatic heterocycles. The zero-order valence-corrected chi connectivity index (χ0v) is 12.2. The molecule has 0 saturated carbocycles. The number of ketones is 1. The van der Waals surface area contributed by atoms with Gasteiger partial charge in [-0.05, 0) is 25.5 Å². The van der Waals surface area contributed by atoms with E-state index in [0.717, 1.165) is 24.1 Å². The number of para-hydroxylation sites is 1. The standard InChI is InChI=1S/C16H22N2O2/c1-3-6-12(2)17-16(20)11-18-10-9-15(19)13-7-4-5-8-14(13)18/h4-5,7-8,12H,3,6,9-11H2,1-2H3,(H,17,20). The van der Waals surface area contributed by atoms with Crippen molar-refractivity contribution in [2.45, 2.75) is 39.2 Å². The number of amides is 1. The van der Waals surface area contributed by atoms with Crippen molar-refractivity contribution in [1.82, 2.24) is 5.32 Å². The molecule has 1 aliphatic rings. The van der Waals surface area contributed by atoms with Crippen LogP contribution in [0, 0.1) is 0 Å². The maximum absolute atomic E-state index is 12.1. The van der Waals surface area contributed by atoms with Crippen molar-refractivity contribution >= 4 is 17.4 Å². The number of nitrogens with zero attached hydrogens (tertiary/aromatic N) is 1. The van der Waals surface area contributed by atoms with Gasteiger partial charge in [0.05, 0.1) is 6.54 Å². The predicted octanol–water partition coefficient (Wildman–Crippen LogP) is 2.38. The highest BCUT2D eigenvalue weighted by molar-refractivity contribution is 6.04. The molecule has 0 fully saturated rings. The number of hydrogen-bond donors (Lipinski definition) is 1. The van der Waals surface area contributed by atoms with Crippen LogP contribution in [-0.2, 0) is 4.79 Å². The fourth-order valence-electron chi connectivity index (χ4n) is 2.64. The van der Waals surface area contributed by atoms with E-state index in [-0.39, 0.29) is 17.7 Å². The Bertz CT molecular complexity index is 499. The number of nitrogens with one attached hydrogen (secondary N) is 1. The van der Waals surface area contributed by atoms with Crippen molar-refractivity contribution in [1.29, 1.82) is 0 Å². The summed E-state index contributed by atoms with van der Waals surface area (Å²) < 4.78 is 0. The van der Waals surface area contributed by atoms with Gasteiger partial charge in [0.15, 0.2) is 5.78 Å². The molecule has 0 saturated heterocycles. The Kier molecular flexibility index (Phi) is 4.77. The van der Waals surface area contributed by atoms with Crippen LogP contribution in [0.3, 0.4) is 0 Å². The second-order valence-corrected chi connectivity index (χ2v) is 5.37. The SMILES string of the molecule is CCCC(C)NC(=O)CN1CCC(=O)c2ccccc21. The highest BCUT2D eigenvalue weighted by Crippen LogP contribution is 2.26. The molecule has 1 amide bonds. The van der Waals surface area contributed by atoms with E-state index in [2.05, 4.69) is 12.2 Å². The fourth-order valence-corrected chi connectivity index (χ4v) is 2.64. The monoisotopic (exact) mass is 274 g/mol. The summed E-state index contributed by atoms with van der Waals surface area (Å²) in [6, 6.07) is 7.72. The van der Waals surface area contributed by atoms with E-state index in [4.69, 9.17) is 0 Å². The Labute approximate surface area is 120 Å². The van der Waals surface area contributed by atoms with Crippen LogP contribution in [-0.4, -0.2) is 30.8 Å². The minimum atomic E-state index is 0.0232. The van der Waals surface area contributed by atoms with E-state index in [9.17, 15) is 9.59 Å². The third-order valence-electron chi connectivity index (χ3n) is 3.62. The third kappa shape index (κ3) is 3.38. The number of carbonyl (C=O) groups is 2. The van der Waals surface area contributed by atoms with E-state index < -0.39 is 0 Å². The lowest BCUT2D eigenvalue weighted by Gasteiger charge is -2.30. The topological polar surface area (TPSA) is 49.4 Å². The van der Waals surface area contributed by atoms with E-state index in [1.54, 1.807) is 0 Å². The summed E-state index contributed by atoms with van der Waals surface area (Å²) in [4.78, 5) is 25.9. The maximum atomic E-state index is 12.1. The number of anilines is 1. The quantitative estimate of drug-likeness (QED) is 0.897. The molecule has 0 bridgehead atoms. The van der Waals surface area contributed by atoms with Crippen LogP contribution in [0.4, 0.5) is 5.69 Å². The number of carbonyl (C=O) groups excluding carboxylic acids is 2.